The zero-order valence-electron chi connectivity index (χ0n) is 12.5. The topological polar surface area (TPSA) is 79.7 Å². The molecule has 0 bridgehead atoms. The number of fused-ring (bicyclic) bond motifs is 2. The second-order valence-electron chi connectivity index (χ2n) is 5.99. The van der Waals surface area contributed by atoms with E-state index in [1.807, 2.05) is 13.0 Å². The van der Waals surface area contributed by atoms with Crippen molar-refractivity contribution >= 4 is 11.6 Å². The predicted molar refractivity (Wildman–Crippen MR) is 78.9 cm³/mol. The molecule has 1 fully saturated rings. The molecule has 22 heavy (non-hydrogen) atoms. The minimum atomic E-state index is -0.193. The van der Waals surface area contributed by atoms with Crippen molar-refractivity contribution < 1.29 is 9.53 Å². The van der Waals surface area contributed by atoms with Gasteiger partial charge in [-0.2, -0.15) is 9.61 Å². The van der Waals surface area contributed by atoms with Gasteiger partial charge in [-0.25, -0.2) is 0 Å². The number of carbonyl (C=O) groups is 1. The van der Waals surface area contributed by atoms with Crippen molar-refractivity contribution in [3.63, 3.8) is 0 Å². The van der Waals surface area contributed by atoms with Gasteiger partial charge in [0.05, 0.1) is 24.4 Å². The molecule has 4 rings (SSSR count). The molecule has 0 saturated carbocycles. The van der Waals surface area contributed by atoms with Gasteiger partial charge in [0.25, 0.3) is 11.5 Å². The summed E-state index contributed by atoms with van der Waals surface area (Å²) in [6.45, 7) is 4.43. The van der Waals surface area contributed by atoms with Crippen LogP contribution in [-0.2, 0) is 17.7 Å². The minimum absolute atomic E-state index is 0.0965. The lowest BCUT2D eigenvalue weighted by molar-refractivity contribution is 0.0740. The van der Waals surface area contributed by atoms with Crippen molar-refractivity contribution in [3.8, 4) is 0 Å². The molecule has 1 saturated heterocycles. The number of ether oxygens (including phenoxy) is 1. The number of aromatic nitrogens is 3. The Hall–Kier alpha value is -2.15. The first-order valence-electron chi connectivity index (χ1n) is 7.68. The van der Waals surface area contributed by atoms with Crippen molar-refractivity contribution in [2.45, 2.75) is 26.3 Å². The van der Waals surface area contributed by atoms with E-state index in [9.17, 15) is 9.59 Å². The second kappa shape index (κ2) is 4.95. The quantitative estimate of drug-likeness (QED) is 0.899. The summed E-state index contributed by atoms with van der Waals surface area (Å²) in [6.07, 6.45) is 1.72. The van der Waals surface area contributed by atoms with Crippen molar-refractivity contribution in [2.24, 2.45) is 5.92 Å². The van der Waals surface area contributed by atoms with Crippen LogP contribution in [0.2, 0.25) is 0 Å². The average Bonchev–Trinajstić information content (AvgIpc) is 3.22. The number of aromatic amines is 1. The Labute approximate surface area is 126 Å². The lowest BCUT2D eigenvalue weighted by Crippen LogP contribution is -2.30. The summed E-state index contributed by atoms with van der Waals surface area (Å²) >= 11 is 0. The Balaban J connectivity index is 1.70. The summed E-state index contributed by atoms with van der Waals surface area (Å²) in [4.78, 5) is 29.9. The van der Waals surface area contributed by atoms with Crippen LogP contribution in [-0.4, -0.2) is 45.2 Å². The van der Waals surface area contributed by atoms with E-state index in [4.69, 9.17) is 4.74 Å². The van der Waals surface area contributed by atoms with E-state index in [0.29, 0.717) is 42.5 Å². The van der Waals surface area contributed by atoms with Crippen LogP contribution < -0.4 is 5.56 Å². The Morgan fingerprint density at radius 3 is 3.05 bits per heavy atom. The maximum atomic E-state index is 12.6. The molecule has 2 aromatic heterocycles. The number of carbonyl (C=O) groups excluding carboxylic acids is 1. The molecule has 1 atom stereocenters. The first kappa shape index (κ1) is 13.5. The molecule has 1 unspecified atom stereocenters. The molecule has 0 radical (unpaired) electrons. The molecule has 0 aliphatic carbocycles. The van der Waals surface area contributed by atoms with Crippen LogP contribution in [0.1, 0.15) is 35.1 Å². The van der Waals surface area contributed by atoms with Crippen molar-refractivity contribution in [2.75, 3.05) is 19.8 Å². The van der Waals surface area contributed by atoms with Crippen LogP contribution in [0.25, 0.3) is 5.65 Å². The van der Waals surface area contributed by atoms with Gasteiger partial charge in [0.2, 0.25) is 0 Å². The molecular weight excluding hydrogens is 284 g/mol. The monoisotopic (exact) mass is 302 g/mol. The predicted octanol–water partition coefficient (Wildman–Crippen LogP) is 0.577. The van der Waals surface area contributed by atoms with Crippen LogP contribution in [0.3, 0.4) is 0 Å². The molecule has 7 nitrogen and oxygen atoms in total. The minimum Gasteiger partial charge on any atom is -0.381 e. The van der Waals surface area contributed by atoms with Gasteiger partial charge in [0.15, 0.2) is 0 Å². The van der Waals surface area contributed by atoms with E-state index in [1.54, 1.807) is 4.90 Å². The highest BCUT2D eigenvalue weighted by Gasteiger charge is 2.33. The van der Waals surface area contributed by atoms with E-state index in [2.05, 4.69) is 10.1 Å². The van der Waals surface area contributed by atoms with Gasteiger partial charge in [-0.15, -0.1) is 0 Å². The Kier molecular flexibility index (Phi) is 3.04. The lowest BCUT2D eigenvalue weighted by atomic mass is 10.1. The fraction of sp³-hybridized carbons (Fsp3) is 0.533. The summed E-state index contributed by atoms with van der Waals surface area (Å²) in [7, 11) is 0. The van der Waals surface area contributed by atoms with Crippen LogP contribution in [0, 0.1) is 5.92 Å². The molecular formula is C15H18N4O3. The molecule has 4 heterocycles. The van der Waals surface area contributed by atoms with Gasteiger partial charge < -0.3 is 14.6 Å². The third kappa shape index (κ3) is 1.96. The van der Waals surface area contributed by atoms with Crippen molar-refractivity contribution in [3.05, 3.63) is 33.4 Å². The van der Waals surface area contributed by atoms with Crippen LogP contribution in [0.5, 0.6) is 0 Å². The van der Waals surface area contributed by atoms with E-state index in [-0.39, 0.29) is 11.5 Å². The Bertz CT molecular complexity index is 801. The molecule has 2 aromatic rings. The molecule has 0 aromatic carbocycles. The normalized spacial score (nSPS) is 21.0. The number of hydrogen-bond donors (Lipinski definition) is 1. The van der Waals surface area contributed by atoms with Gasteiger partial charge >= 0.3 is 0 Å². The first-order valence-corrected chi connectivity index (χ1v) is 7.68. The number of hydrogen-bond acceptors (Lipinski definition) is 4. The van der Waals surface area contributed by atoms with E-state index >= 15 is 0 Å². The van der Waals surface area contributed by atoms with Gasteiger partial charge in [-0.1, -0.05) is 6.92 Å². The third-order valence-electron chi connectivity index (χ3n) is 4.48. The molecule has 1 N–H and O–H groups in total. The fourth-order valence-corrected chi connectivity index (χ4v) is 3.22. The van der Waals surface area contributed by atoms with Crippen molar-refractivity contribution in [1.29, 1.82) is 0 Å². The maximum absolute atomic E-state index is 12.6. The number of aryl methyl sites for hydroxylation is 1. The summed E-state index contributed by atoms with van der Waals surface area (Å²) in [5, 5.41) is 4.28. The molecule has 0 spiro atoms. The smallest absolute Gasteiger partial charge is 0.280 e. The van der Waals surface area contributed by atoms with Gasteiger partial charge in [-0.05, 0) is 12.8 Å². The lowest BCUT2D eigenvalue weighted by Gasteiger charge is -2.18. The number of amides is 1. The maximum Gasteiger partial charge on any atom is 0.280 e. The summed E-state index contributed by atoms with van der Waals surface area (Å²) < 4.78 is 6.73. The highest BCUT2D eigenvalue weighted by Crippen LogP contribution is 2.22. The van der Waals surface area contributed by atoms with Gasteiger partial charge in [-0.3, -0.25) is 9.59 Å². The molecule has 1 amide bonds. The van der Waals surface area contributed by atoms with Crippen molar-refractivity contribution in [1.82, 2.24) is 19.5 Å². The average molecular weight is 302 g/mol. The second-order valence-corrected chi connectivity index (χ2v) is 5.99. The molecule has 2 aliphatic heterocycles. The fourth-order valence-electron chi connectivity index (χ4n) is 3.22. The summed E-state index contributed by atoms with van der Waals surface area (Å²) in [5.74, 6) is 0.268. The summed E-state index contributed by atoms with van der Waals surface area (Å²) in [5.41, 5.74) is 2.16. The van der Waals surface area contributed by atoms with Crippen LogP contribution in [0.4, 0.5) is 0 Å². The number of H-pyrrole nitrogens is 1. The Morgan fingerprint density at radius 2 is 2.32 bits per heavy atom. The van der Waals surface area contributed by atoms with E-state index in [0.717, 1.165) is 25.1 Å². The number of rotatable bonds is 3. The highest BCUT2D eigenvalue weighted by atomic mass is 16.5. The first-order chi connectivity index (χ1) is 10.7. The van der Waals surface area contributed by atoms with Crippen LogP contribution in [0.15, 0.2) is 10.9 Å². The highest BCUT2D eigenvalue weighted by molar-refractivity contribution is 5.96. The SMILES string of the molecule is CCc1cc2[nH]c3c(c(=O)n2n1)CN(CC1CCOC1)C3=O. The largest absolute Gasteiger partial charge is 0.381 e. The van der Waals surface area contributed by atoms with Crippen LogP contribution >= 0.6 is 0 Å². The van der Waals surface area contributed by atoms with E-state index < -0.39 is 0 Å². The number of nitrogens with zero attached hydrogens (tertiary/aromatic N) is 3. The summed E-state index contributed by atoms with van der Waals surface area (Å²) in [6, 6.07) is 1.82. The number of nitrogens with one attached hydrogen (secondary N) is 1. The zero-order chi connectivity index (χ0) is 15.3. The standard InChI is InChI=1S/C15H18N4O3/c1-2-10-5-12-16-13-11(14(20)19(12)17-10)7-18(15(13)21)6-9-3-4-22-8-9/h5,9,16H,2-4,6-8H2,1H3. The zero-order valence-corrected chi connectivity index (χ0v) is 12.5. The Morgan fingerprint density at radius 1 is 1.45 bits per heavy atom. The van der Waals surface area contributed by atoms with Gasteiger partial charge in [0, 0.05) is 25.1 Å². The molecule has 7 heteroatoms. The molecule has 116 valence electrons. The van der Waals surface area contributed by atoms with E-state index in [1.165, 1.54) is 4.52 Å². The molecule has 2 aliphatic rings. The third-order valence-corrected chi connectivity index (χ3v) is 4.48. The van der Waals surface area contributed by atoms with Gasteiger partial charge in [0.1, 0.15) is 11.3 Å².